The van der Waals surface area contributed by atoms with Crippen molar-refractivity contribution in [3.8, 4) is 17.2 Å². The van der Waals surface area contributed by atoms with Crippen molar-refractivity contribution in [3.05, 3.63) is 53.6 Å². The molecule has 2 aromatic rings. The van der Waals surface area contributed by atoms with Crippen LogP contribution < -0.4 is 19.9 Å². The summed E-state index contributed by atoms with van der Waals surface area (Å²) in [6, 6.07) is 13.5. The third-order valence-corrected chi connectivity index (χ3v) is 3.43. The quantitative estimate of drug-likeness (QED) is 0.887. The molecule has 0 bridgehead atoms. The highest BCUT2D eigenvalue weighted by atomic mass is 16.5. The summed E-state index contributed by atoms with van der Waals surface area (Å²) in [5.41, 5.74) is 8.41. The van der Waals surface area contributed by atoms with E-state index in [4.69, 9.17) is 19.9 Å². The lowest BCUT2D eigenvalue weighted by molar-refractivity contribution is 0.388. The number of hydrogen-bond donors (Lipinski definition) is 1. The minimum atomic E-state index is -0.155. The highest BCUT2D eigenvalue weighted by Crippen LogP contribution is 2.30. The molecule has 0 aliphatic heterocycles. The standard InChI is InChI=1S/C17H21NO3/c1-19-13-6-4-5-12(9-13)10-16(18)15-8-7-14(20-2)11-17(15)21-3/h4-9,11,16H,10,18H2,1-3H3. The second-order valence-electron chi connectivity index (χ2n) is 4.77. The Balaban J connectivity index is 2.21. The molecule has 0 saturated carbocycles. The zero-order chi connectivity index (χ0) is 15.2. The highest BCUT2D eigenvalue weighted by molar-refractivity contribution is 5.43. The topological polar surface area (TPSA) is 53.7 Å². The van der Waals surface area contributed by atoms with Crippen molar-refractivity contribution in [1.29, 1.82) is 0 Å². The molecule has 0 aromatic heterocycles. The van der Waals surface area contributed by atoms with E-state index >= 15 is 0 Å². The number of nitrogens with two attached hydrogens (primary N) is 1. The minimum absolute atomic E-state index is 0.155. The van der Waals surface area contributed by atoms with Crippen molar-refractivity contribution in [1.82, 2.24) is 0 Å². The van der Waals surface area contributed by atoms with Gasteiger partial charge in [0.25, 0.3) is 0 Å². The molecular weight excluding hydrogens is 266 g/mol. The third-order valence-electron chi connectivity index (χ3n) is 3.43. The summed E-state index contributed by atoms with van der Waals surface area (Å²) in [6.45, 7) is 0. The third kappa shape index (κ3) is 3.67. The summed E-state index contributed by atoms with van der Waals surface area (Å²) >= 11 is 0. The van der Waals surface area contributed by atoms with Gasteiger partial charge in [0.15, 0.2) is 0 Å². The van der Waals surface area contributed by atoms with Gasteiger partial charge in [-0.1, -0.05) is 18.2 Å². The van der Waals surface area contributed by atoms with Crippen LogP contribution in [-0.2, 0) is 6.42 Å². The monoisotopic (exact) mass is 287 g/mol. The van der Waals surface area contributed by atoms with Crippen LogP contribution >= 0.6 is 0 Å². The van der Waals surface area contributed by atoms with E-state index in [9.17, 15) is 0 Å². The van der Waals surface area contributed by atoms with Gasteiger partial charge in [0.1, 0.15) is 17.2 Å². The molecule has 21 heavy (non-hydrogen) atoms. The van der Waals surface area contributed by atoms with Gasteiger partial charge in [0.05, 0.1) is 21.3 Å². The van der Waals surface area contributed by atoms with E-state index in [1.807, 2.05) is 42.5 Å². The Hall–Kier alpha value is -2.20. The summed E-state index contributed by atoms with van der Waals surface area (Å²) in [7, 11) is 4.92. The molecule has 1 atom stereocenters. The van der Waals surface area contributed by atoms with Crippen molar-refractivity contribution in [2.24, 2.45) is 5.73 Å². The fourth-order valence-corrected chi connectivity index (χ4v) is 2.29. The van der Waals surface area contributed by atoms with E-state index in [1.165, 1.54) is 0 Å². The lowest BCUT2D eigenvalue weighted by Crippen LogP contribution is -2.14. The first-order chi connectivity index (χ1) is 10.2. The first-order valence-corrected chi connectivity index (χ1v) is 6.78. The molecule has 0 aliphatic carbocycles. The van der Waals surface area contributed by atoms with Crippen molar-refractivity contribution < 1.29 is 14.2 Å². The summed E-state index contributed by atoms with van der Waals surface area (Å²) < 4.78 is 15.8. The maximum Gasteiger partial charge on any atom is 0.127 e. The summed E-state index contributed by atoms with van der Waals surface area (Å²) in [4.78, 5) is 0. The molecule has 0 fully saturated rings. The number of methoxy groups -OCH3 is 3. The van der Waals surface area contributed by atoms with Gasteiger partial charge in [-0.15, -0.1) is 0 Å². The zero-order valence-corrected chi connectivity index (χ0v) is 12.6. The molecule has 0 radical (unpaired) electrons. The molecule has 2 N–H and O–H groups in total. The van der Waals surface area contributed by atoms with E-state index in [2.05, 4.69) is 0 Å². The van der Waals surface area contributed by atoms with Crippen molar-refractivity contribution in [2.75, 3.05) is 21.3 Å². The van der Waals surface area contributed by atoms with Crippen LogP contribution in [0.2, 0.25) is 0 Å². The fourth-order valence-electron chi connectivity index (χ4n) is 2.29. The van der Waals surface area contributed by atoms with Crippen molar-refractivity contribution in [2.45, 2.75) is 12.5 Å². The SMILES string of the molecule is COc1cccc(CC(N)c2ccc(OC)cc2OC)c1. The number of hydrogen-bond acceptors (Lipinski definition) is 4. The van der Waals surface area contributed by atoms with Crippen molar-refractivity contribution >= 4 is 0 Å². The van der Waals surface area contributed by atoms with E-state index in [0.29, 0.717) is 6.42 Å². The van der Waals surface area contributed by atoms with Crippen LogP contribution in [0.15, 0.2) is 42.5 Å². The lowest BCUT2D eigenvalue weighted by Gasteiger charge is -2.17. The number of rotatable bonds is 6. The van der Waals surface area contributed by atoms with Crippen molar-refractivity contribution in [3.63, 3.8) is 0 Å². The van der Waals surface area contributed by atoms with Gasteiger partial charge in [-0.05, 0) is 30.2 Å². The van der Waals surface area contributed by atoms with Gasteiger partial charge in [-0.25, -0.2) is 0 Å². The Kier molecular flexibility index (Phi) is 5.06. The second kappa shape index (κ2) is 6.99. The molecule has 2 rings (SSSR count). The van der Waals surface area contributed by atoms with Crippen LogP contribution in [0.3, 0.4) is 0 Å². The molecule has 0 spiro atoms. The van der Waals surface area contributed by atoms with Crippen LogP contribution in [0.25, 0.3) is 0 Å². The highest BCUT2D eigenvalue weighted by Gasteiger charge is 2.14. The van der Waals surface area contributed by atoms with Gasteiger partial charge in [0, 0.05) is 17.7 Å². The Labute approximate surface area is 125 Å². The Morgan fingerprint density at radius 1 is 0.905 bits per heavy atom. The van der Waals surface area contributed by atoms with Crippen LogP contribution in [0.1, 0.15) is 17.2 Å². The molecule has 112 valence electrons. The Morgan fingerprint density at radius 3 is 2.29 bits per heavy atom. The largest absolute Gasteiger partial charge is 0.497 e. The predicted octanol–water partition coefficient (Wildman–Crippen LogP) is 2.95. The normalized spacial score (nSPS) is 11.8. The summed E-state index contributed by atoms with van der Waals surface area (Å²) in [5, 5.41) is 0. The summed E-state index contributed by atoms with van der Waals surface area (Å²) in [6.07, 6.45) is 0.708. The lowest BCUT2D eigenvalue weighted by atomic mass is 9.98. The maximum atomic E-state index is 6.32. The van der Waals surface area contributed by atoms with Crippen LogP contribution in [0, 0.1) is 0 Å². The van der Waals surface area contributed by atoms with Gasteiger partial charge in [-0.2, -0.15) is 0 Å². The van der Waals surface area contributed by atoms with E-state index in [0.717, 1.165) is 28.4 Å². The van der Waals surface area contributed by atoms with E-state index in [1.54, 1.807) is 21.3 Å². The molecular formula is C17H21NO3. The van der Waals surface area contributed by atoms with Gasteiger partial charge >= 0.3 is 0 Å². The van der Waals surface area contributed by atoms with Crippen LogP contribution in [0.5, 0.6) is 17.2 Å². The van der Waals surface area contributed by atoms with Crippen LogP contribution in [-0.4, -0.2) is 21.3 Å². The molecule has 0 aliphatic rings. The predicted molar refractivity (Wildman–Crippen MR) is 83.2 cm³/mol. The smallest absolute Gasteiger partial charge is 0.127 e. The summed E-state index contributed by atoms with van der Waals surface area (Å²) in [5.74, 6) is 2.33. The van der Waals surface area contributed by atoms with Gasteiger partial charge < -0.3 is 19.9 Å². The molecule has 2 aromatic carbocycles. The van der Waals surface area contributed by atoms with E-state index < -0.39 is 0 Å². The average molecular weight is 287 g/mol. The minimum Gasteiger partial charge on any atom is -0.497 e. The molecule has 0 heterocycles. The second-order valence-corrected chi connectivity index (χ2v) is 4.77. The molecule has 4 heteroatoms. The molecule has 0 amide bonds. The van der Waals surface area contributed by atoms with E-state index in [-0.39, 0.29) is 6.04 Å². The molecule has 1 unspecified atom stereocenters. The number of ether oxygens (including phenoxy) is 3. The molecule has 4 nitrogen and oxygen atoms in total. The maximum absolute atomic E-state index is 6.32. The Bertz CT molecular complexity index is 598. The first-order valence-electron chi connectivity index (χ1n) is 6.78. The zero-order valence-electron chi connectivity index (χ0n) is 12.6. The average Bonchev–Trinajstić information content (AvgIpc) is 2.54. The Morgan fingerprint density at radius 2 is 1.62 bits per heavy atom. The number of benzene rings is 2. The molecule has 0 saturated heterocycles. The van der Waals surface area contributed by atoms with Crippen LogP contribution in [0.4, 0.5) is 0 Å². The van der Waals surface area contributed by atoms with Gasteiger partial charge in [-0.3, -0.25) is 0 Å². The first kappa shape index (κ1) is 15.2. The van der Waals surface area contributed by atoms with Gasteiger partial charge in [0.2, 0.25) is 0 Å². The fraction of sp³-hybridized carbons (Fsp3) is 0.294.